The second-order valence-corrected chi connectivity index (χ2v) is 6.23. The lowest BCUT2D eigenvalue weighted by Crippen LogP contribution is -2.39. The zero-order chi connectivity index (χ0) is 11.7. The average Bonchev–Trinajstić information content (AvgIpc) is 2.68. The van der Waals surface area contributed by atoms with E-state index in [4.69, 9.17) is 0 Å². The minimum absolute atomic E-state index is 0.152. The standard InChI is InChI=1S/C14H19NOS/c16-13-9-10-3-1-2-4-12(10)14(13)15-11-5-7-17-8-6-11/h1-4,11,13-16H,5-9H2. The number of aliphatic hydroxyl groups is 1. The Morgan fingerprint density at radius 3 is 2.76 bits per heavy atom. The maximum atomic E-state index is 10.2. The fourth-order valence-corrected chi connectivity index (χ4v) is 4.00. The van der Waals surface area contributed by atoms with Gasteiger partial charge in [-0.05, 0) is 35.5 Å². The molecule has 0 bridgehead atoms. The number of fused-ring (bicyclic) bond motifs is 1. The molecule has 1 heterocycles. The first-order valence-electron chi connectivity index (χ1n) is 6.44. The highest BCUT2D eigenvalue weighted by Gasteiger charge is 2.32. The number of nitrogens with one attached hydrogen (secondary N) is 1. The highest BCUT2D eigenvalue weighted by Crippen LogP contribution is 2.32. The lowest BCUT2D eigenvalue weighted by atomic mass is 10.0. The van der Waals surface area contributed by atoms with Crippen LogP contribution in [0.3, 0.4) is 0 Å². The third kappa shape index (κ3) is 2.37. The van der Waals surface area contributed by atoms with Crippen molar-refractivity contribution in [3.63, 3.8) is 0 Å². The van der Waals surface area contributed by atoms with E-state index in [1.165, 1.54) is 35.5 Å². The summed E-state index contributed by atoms with van der Waals surface area (Å²) in [5.41, 5.74) is 2.61. The fourth-order valence-electron chi connectivity index (χ4n) is 2.89. The molecule has 0 aromatic heterocycles. The van der Waals surface area contributed by atoms with E-state index >= 15 is 0 Å². The van der Waals surface area contributed by atoms with Crippen LogP contribution in [0.1, 0.15) is 30.0 Å². The predicted molar refractivity (Wildman–Crippen MR) is 72.4 cm³/mol. The van der Waals surface area contributed by atoms with Crippen LogP contribution in [0.5, 0.6) is 0 Å². The molecule has 1 aliphatic heterocycles. The third-order valence-corrected chi connectivity index (χ3v) is 4.89. The quantitative estimate of drug-likeness (QED) is 0.842. The van der Waals surface area contributed by atoms with Crippen molar-refractivity contribution >= 4 is 11.8 Å². The van der Waals surface area contributed by atoms with Crippen LogP contribution in [0.4, 0.5) is 0 Å². The van der Waals surface area contributed by atoms with Crippen LogP contribution in [-0.4, -0.2) is 28.8 Å². The molecule has 0 radical (unpaired) electrons. The molecule has 3 rings (SSSR count). The summed E-state index contributed by atoms with van der Waals surface area (Å²) in [6.45, 7) is 0. The molecule has 0 saturated carbocycles. The number of aliphatic hydroxyl groups excluding tert-OH is 1. The van der Waals surface area contributed by atoms with Crippen LogP contribution < -0.4 is 5.32 Å². The molecule has 92 valence electrons. The number of hydrogen-bond acceptors (Lipinski definition) is 3. The van der Waals surface area contributed by atoms with E-state index in [0.29, 0.717) is 6.04 Å². The molecule has 2 atom stereocenters. The summed E-state index contributed by atoms with van der Waals surface area (Å²) in [5.74, 6) is 2.50. The first-order chi connectivity index (χ1) is 8.34. The summed E-state index contributed by atoms with van der Waals surface area (Å²) in [6.07, 6.45) is 3.02. The molecule has 1 fully saturated rings. The van der Waals surface area contributed by atoms with Crippen molar-refractivity contribution in [1.82, 2.24) is 5.32 Å². The Bertz CT molecular complexity index is 390. The molecule has 2 nitrogen and oxygen atoms in total. The molecule has 0 spiro atoms. The molecule has 2 N–H and O–H groups in total. The molecule has 3 heteroatoms. The van der Waals surface area contributed by atoms with E-state index < -0.39 is 0 Å². The molecule has 0 amide bonds. The van der Waals surface area contributed by atoms with Crippen molar-refractivity contribution in [3.05, 3.63) is 35.4 Å². The van der Waals surface area contributed by atoms with Crippen molar-refractivity contribution in [2.75, 3.05) is 11.5 Å². The highest BCUT2D eigenvalue weighted by atomic mass is 32.2. The molecule has 1 aliphatic carbocycles. The normalized spacial score (nSPS) is 29.2. The van der Waals surface area contributed by atoms with Crippen LogP contribution in [0.15, 0.2) is 24.3 Å². The smallest absolute Gasteiger partial charge is 0.0775 e. The third-order valence-electron chi connectivity index (χ3n) is 3.84. The zero-order valence-corrected chi connectivity index (χ0v) is 10.7. The van der Waals surface area contributed by atoms with Gasteiger partial charge in [0, 0.05) is 12.5 Å². The lowest BCUT2D eigenvalue weighted by molar-refractivity contribution is 0.133. The SMILES string of the molecule is OC1Cc2ccccc2C1NC1CCSCC1. The minimum atomic E-state index is -0.248. The topological polar surface area (TPSA) is 32.3 Å². The van der Waals surface area contributed by atoms with Gasteiger partial charge in [-0.15, -0.1) is 0 Å². The Morgan fingerprint density at radius 1 is 1.18 bits per heavy atom. The van der Waals surface area contributed by atoms with Crippen LogP contribution >= 0.6 is 11.8 Å². The second-order valence-electron chi connectivity index (χ2n) is 5.00. The molecule has 1 aromatic carbocycles. The van der Waals surface area contributed by atoms with Crippen molar-refractivity contribution in [3.8, 4) is 0 Å². The van der Waals surface area contributed by atoms with E-state index in [1.54, 1.807) is 0 Å². The van der Waals surface area contributed by atoms with Crippen LogP contribution in [-0.2, 0) is 6.42 Å². The van der Waals surface area contributed by atoms with Gasteiger partial charge < -0.3 is 10.4 Å². The summed E-state index contributed by atoms with van der Waals surface area (Å²) < 4.78 is 0. The minimum Gasteiger partial charge on any atom is -0.391 e. The van der Waals surface area contributed by atoms with Crippen LogP contribution in [0.2, 0.25) is 0 Å². The second kappa shape index (κ2) is 5.01. The molecule has 2 aliphatic rings. The summed E-state index contributed by atoms with van der Waals surface area (Å²) in [7, 11) is 0. The van der Waals surface area contributed by atoms with Gasteiger partial charge in [0.15, 0.2) is 0 Å². The van der Waals surface area contributed by atoms with Gasteiger partial charge in [-0.3, -0.25) is 0 Å². The monoisotopic (exact) mass is 249 g/mol. The van der Waals surface area contributed by atoms with Crippen LogP contribution in [0.25, 0.3) is 0 Å². The fraction of sp³-hybridized carbons (Fsp3) is 0.571. The van der Waals surface area contributed by atoms with Gasteiger partial charge in [0.2, 0.25) is 0 Å². The number of benzene rings is 1. The first kappa shape index (κ1) is 11.6. The molecule has 1 aromatic rings. The van der Waals surface area contributed by atoms with Crippen molar-refractivity contribution in [2.45, 2.75) is 37.5 Å². The molecule has 2 unspecified atom stereocenters. The van der Waals surface area contributed by atoms with Gasteiger partial charge in [0.05, 0.1) is 12.1 Å². The largest absolute Gasteiger partial charge is 0.391 e. The van der Waals surface area contributed by atoms with E-state index in [9.17, 15) is 5.11 Å². The summed E-state index contributed by atoms with van der Waals surface area (Å²) in [4.78, 5) is 0. The van der Waals surface area contributed by atoms with Crippen LogP contribution in [0, 0.1) is 0 Å². The van der Waals surface area contributed by atoms with Gasteiger partial charge in [-0.1, -0.05) is 24.3 Å². The molecule has 1 saturated heterocycles. The van der Waals surface area contributed by atoms with E-state index in [-0.39, 0.29) is 12.1 Å². The number of rotatable bonds is 2. The molecular formula is C14H19NOS. The average molecular weight is 249 g/mol. The van der Waals surface area contributed by atoms with Gasteiger partial charge in [-0.2, -0.15) is 11.8 Å². The van der Waals surface area contributed by atoms with E-state index in [1.807, 2.05) is 11.8 Å². The Morgan fingerprint density at radius 2 is 1.94 bits per heavy atom. The van der Waals surface area contributed by atoms with Gasteiger partial charge in [0.1, 0.15) is 0 Å². The van der Waals surface area contributed by atoms with Crippen molar-refractivity contribution in [1.29, 1.82) is 0 Å². The van der Waals surface area contributed by atoms with Gasteiger partial charge in [-0.25, -0.2) is 0 Å². The van der Waals surface area contributed by atoms with Crippen molar-refractivity contribution in [2.24, 2.45) is 0 Å². The van der Waals surface area contributed by atoms with Gasteiger partial charge >= 0.3 is 0 Å². The summed E-state index contributed by atoms with van der Waals surface area (Å²) in [6, 6.07) is 9.16. The number of hydrogen-bond donors (Lipinski definition) is 2. The van der Waals surface area contributed by atoms with Gasteiger partial charge in [0.25, 0.3) is 0 Å². The Labute approximate surface area is 107 Å². The molecular weight excluding hydrogens is 230 g/mol. The first-order valence-corrected chi connectivity index (χ1v) is 7.60. The Hall–Kier alpha value is -0.510. The Balaban J connectivity index is 1.74. The lowest BCUT2D eigenvalue weighted by Gasteiger charge is -2.28. The van der Waals surface area contributed by atoms with E-state index in [2.05, 4.69) is 29.6 Å². The zero-order valence-electron chi connectivity index (χ0n) is 9.93. The molecule has 17 heavy (non-hydrogen) atoms. The maximum Gasteiger partial charge on any atom is 0.0775 e. The van der Waals surface area contributed by atoms with Crippen molar-refractivity contribution < 1.29 is 5.11 Å². The number of thioether (sulfide) groups is 1. The Kier molecular flexibility index (Phi) is 3.41. The van der Waals surface area contributed by atoms with E-state index in [0.717, 1.165) is 6.42 Å². The summed E-state index contributed by atoms with van der Waals surface area (Å²) in [5, 5.41) is 13.8. The predicted octanol–water partition coefficient (Wildman–Crippen LogP) is 2.13. The maximum absolute atomic E-state index is 10.2. The highest BCUT2D eigenvalue weighted by molar-refractivity contribution is 7.99. The summed E-state index contributed by atoms with van der Waals surface area (Å²) >= 11 is 2.04.